The second-order valence-corrected chi connectivity index (χ2v) is 6.97. The van der Waals surface area contributed by atoms with Crippen molar-refractivity contribution in [2.24, 2.45) is 14.1 Å². The lowest BCUT2D eigenvalue weighted by Crippen LogP contribution is -2.39. The minimum atomic E-state index is -0.607. The van der Waals surface area contributed by atoms with Gasteiger partial charge in [-0.05, 0) is 18.2 Å². The van der Waals surface area contributed by atoms with E-state index in [9.17, 15) is 14.9 Å². The highest BCUT2D eigenvalue weighted by molar-refractivity contribution is 8.01. The maximum atomic E-state index is 12.0. The normalized spacial score (nSPS) is 10.5. The molecule has 0 aliphatic carbocycles. The van der Waals surface area contributed by atoms with Crippen LogP contribution in [0.1, 0.15) is 25.3 Å². The summed E-state index contributed by atoms with van der Waals surface area (Å²) in [5.74, 6) is 0. The first-order valence-electron chi connectivity index (χ1n) is 6.95. The fraction of sp³-hybridized carbons (Fsp3) is 0.462. The van der Waals surface area contributed by atoms with Crippen molar-refractivity contribution in [2.75, 3.05) is 11.9 Å². The molecule has 0 aliphatic rings. The molecule has 2 rings (SSSR count). The molecule has 0 radical (unpaired) electrons. The van der Waals surface area contributed by atoms with Gasteiger partial charge in [-0.1, -0.05) is 24.7 Å². The molecule has 0 amide bonds. The number of nitrogens with one attached hydrogen (secondary N) is 1. The van der Waals surface area contributed by atoms with Crippen molar-refractivity contribution < 1.29 is 0 Å². The van der Waals surface area contributed by atoms with Gasteiger partial charge >= 0.3 is 5.69 Å². The van der Waals surface area contributed by atoms with Crippen LogP contribution in [0, 0.1) is 11.3 Å². The molecule has 2 aromatic heterocycles. The Kier molecular flexibility index (Phi) is 5.57. The monoisotopic (exact) mass is 352 g/mol. The molecule has 10 heteroatoms. The molecule has 0 unspecified atom stereocenters. The highest BCUT2D eigenvalue weighted by Crippen LogP contribution is 2.32. The molecule has 0 spiro atoms. The molecule has 2 aromatic rings. The molecule has 8 nitrogen and oxygen atoms in total. The van der Waals surface area contributed by atoms with Gasteiger partial charge < -0.3 is 5.32 Å². The van der Waals surface area contributed by atoms with Crippen molar-refractivity contribution in [1.29, 1.82) is 5.26 Å². The van der Waals surface area contributed by atoms with E-state index in [0.29, 0.717) is 9.47 Å². The SMILES string of the molecule is CCCCNc1nnc(Sc2c(C#N)c(=O)n(C)c(=O)n2C)s1. The van der Waals surface area contributed by atoms with Gasteiger partial charge in [0.1, 0.15) is 16.7 Å². The molecular weight excluding hydrogens is 336 g/mol. The van der Waals surface area contributed by atoms with E-state index in [1.54, 1.807) is 0 Å². The summed E-state index contributed by atoms with van der Waals surface area (Å²) in [5, 5.41) is 21.4. The highest BCUT2D eigenvalue weighted by atomic mass is 32.2. The van der Waals surface area contributed by atoms with E-state index in [0.717, 1.165) is 35.7 Å². The summed E-state index contributed by atoms with van der Waals surface area (Å²) in [6.45, 7) is 2.91. The average Bonchev–Trinajstić information content (AvgIpc) is 2.99. The molecule has 1 N–H and O–H groups in total. The Morgan fingerprint density at radius 3 is 2.70 bits per heavy atom. The Morgan fingerprint density at radius 2 is 2.04 bits per heavy atom. The van der Waals surface area contributed by atoms with Crippen molar-refractivity contribution >= 4 is 28.2 Å². The second-order valence-electron chi connectivity index (χ2n) is 4.75. The van der Waals surface area contributed by atoms with Crippen LogP contribution >= 0.6 is 23.1 Å². The standard InChI is InChI=1S/C13H16N6O2S2/c1-4-5-6-15-11-16-17-12(23-11)22-10-8(7-14)9(20)18(2)13(21)19(10)3/h4-6H2,1-3H3,(H,15,16). The molecule has 2 heterocycles. The van der Waals surface area contributed by atoms with Gasteiger partial charge in [-0.25, -0.2) is 4.79 Å². The number of nitrogens with zero attached hydrogens (tertiary/aromatic N) is 5. The maximum absolute atomic E-state index is 12.0. The van der Waals surface area contributed by atoms with E-state index < -0.39 is 11.2 Å². The van der Waals surface area contributed by atoms with Crippen LogP contribution in [0.5, 0.6) is 0 Å². The van der Waals surface area contributed by atoms with Crippen LogP contribution in [-0.4, -0.2) is 25.9 Å². The zero-order valence-electron chi connectivity index (χ0n) is 13.0. The number of anilines is 1. The molecule has 0 saturated heterocycles. The molecule has 0 atom stereocenters. The number of unbranched alkanes of at least 4 members (excludes halogenated alkanes) is 1. The Bertz CT molecular complexity index is 861. The molecule has 0 fully saturated rings. The third-order valence-electron chi connectivity index (χ3n) is 3.12. The van der Waals surface area contributed by atoms with Crippen molar-refractivity contribution in [3.8, 4) is 6.07 Å². The second kappa shape index (κ2) is 7.43. The van der Waals surface area contributed by atoms with Crippen LogP contribution in [0.2, 0.25) is 0 Å². The quantitative estimate of drug-likeness (QED) is 0.614. The average molecular weight is 352 g/mol. The summed E-state index contributed by atoms with van der Waals surface area (Å²) in [6.07, 6.45) is 2.11. The third-order valence-corrected chi connectivity index (χ3v) is 5.22. The fourth-order valence-corrected chi connectivity index (χ4v) is 3.66. The minimum Gasteiger partial charge on any atom is -0.360 e. The van der Waals surface area contributed by atoms with E-state index >= 15 is 0 Å². The highest BCUT2D eigenvalue weighted by Gasteiger charge is 2.18. The van der Waals surface area contributed by atoms with Gasteiger partial charge in [0.05, 0.1) is 0 Å². The van der Waals surface area contributed by atoms with Gasteiger partial charge in [-0.15, -0.1) is 10.2 Å². The lowest BCUT2D eigenvalue weighted by atomic mass is 10.3. The summed E-state index contributed by atoms with van der Waals surface area (Å²) in [4.78, 5) is 24.0. The van der Waals surface area contributed by atoms with E-state index in [1.807, 2.05) is 6.07 Å². The van der Waals surface area contributed by atoms with Gasteiger partial charge in [-0.2, -0.15) is 5.26 Å². The Morgan fingerprint density at radius 1 is 1.30 bits per heavy atom. The summed E-state index contributed by atoms with van der Waals surface area (Å²) >= 11 is 2.41. The zero-order chi connectivity index (χ0) is 17.0. The first-order valence-corrected chi connectivity index (χ1v) is 8.58. The molecule has 0 bridgehead atoms. The van der Waals surface area contributed by atoms with E-state index in [-0.39, 0.29) is 10.6 Å². The van der Waals surface area contributed by atoms with Gasteiger partial charge in [0.2, 0.25) is 5.13 Å². The van der Waals surface area contributed by atoms with Crippen molar-refractivity contribution in [1.82, 2.24) is 19.3 Å². The molecule has 23 heavy (non-hydrogen) atoms. The summed E-state index contributed by atoms with van der Waals surface area (Å²) in [7, 11) is 2.87. The first kappa shape index (κ1) is 17.2. The predicted molar refractivity (Wildman–Crippen MR) is 89.1 cm³/mol. The van der Waals surface area contributed by atoms with Gasteiger partial charge in [0, 0.05) is 20.6 Å². The number of hydrogen-bond acceptors (Lipinski definition) is 8. The summed E-state index contributed by atoms with van der Waals surface area (Å²) < 4.78 is 2.75. The lowest BCUT2D eigenvalue weighted by Gasteiger charge is -2.09. The number of nitriles is 1. The Labute approximate surface area is 140 Å². The van der Waals surface area contributed by atoms with Gasteiger partial charge in [0.15, 0.2) is 4.34 Å². The van der Waals surface area contributed by atoms with Crippen LogP contribution < -0.4 is 16.6 Å². The predicted octanol–water partition coefficient (Wildman–Crippen LogP) is 1.17. The van der Waals surface area contributed by atoms with Crippen molar-refractivity contribution in [3.63, 3.8) is 0 Å². The zero-order valence-corrected chi connectivity index (χ0v) is 14.6. The first-order chi connectivity index (χ1) is 11.0. The summed E-state index contributed by atoms with van der Waals surface area (Å²) in [6, 6.07) is 1.87. The maximum Gasteiger partial charge on any atom is 0.331 e. The van der Waals surface area contributed by atoms with Gasteiger partial charge in [-0.3, -0.25) is 13.9 Å². The smallest absolute Gasteiger partial charge is 0.331 e. The number of hydrogen-bond donors (Lipinski definition) is 1. The number of rotatable bonds is 6. The molecular formula is C13H16N6O2S2. The van der Waals surface area contributed by atoms with Crippen molar-refractivity contribution in [2.45, 2.75) is 29.1 Å². The largest absolute Gasteiger partial charge is 0.360 e. The van der Waals surface area contributed by atoms with E-state index in [4.69, 9.17) is 0 Å². The van der Waals surface area contributed by atoms with Gasteiger partial charge in [0.25, 0.3) is 5.56 Å². The fourth-order valence-electron chi connectivity index (χ4n) is 1.82. The van der Waals surface area contributed by atoms with Crippen LogP contribution in [0.3, 0.4) is 0 Å². The number of aromatic nitrogens is 4. The van der Waals surface area contributed by atoms with Crippen LogP contribution in [0.15, 0.2) is 19.0 Å². The molecule has 0 aliphatic heterocycles. The topological polar surface area (TPSA) is 106 Å². The van der Waals surface area contributed by atoms with Crippen LogP contribution in [0.25, 0.3) is 0 Å². The third kappa shape index (κ3) is 3.62. The van der Waals surface area contributed by atoms with Crippen molar-refractivity contribution in [3.05, 3.63) is 26.4 Å². The molecule has 0 aromatic carbocycles. The Balaban J connectivity index is 2.33. The van der Waals surface area contributed by atoms with Crippen LogP contribution in [0.4, 0.5) is 5.13 Å². The molecule has 122 valence electrons. The van der Waals surface area contributed by atoms with E-state index in [2.05, 4.69) is 22.4 Å². The molecule has 0 saturated carbocycles. The lowest BCUT2D eigenvalue weighted by molar-refractivity contribution is 0.631. The van der Waals surface area contributed by atoms with Crippen LogP contribution in [-0.2, 0) is 14.1 Å². The Hall–Kier alpha value is -2.12. The van der Waals surface area contributed by atoms with E-state index in [1.165, 1.54) is 30.0 Å². The minimum absolute atomic E-state index is 0.0738. The summed E-state index contributed by atoms with van der Waals surface area (Å²) in [5.41, 5.74) is -1.17.